The van der Waals surface area contributed by atoms with Crippen LogP contribution in [0.1, 0.15) is 5.56 Å². The van der Waals surface area contributed by atoms with Crippen molar-refractivity contribution in [1.29, 1.82) is 0 Å². The van der Waals surface area contributed by atoms with E-state index >= 15 is 0 Å². The number of rotatable bonds is 5. The number of sulfone groups is 1. The molecule has 2 aromatic carbocycles. The lowest BCUT2D eigenvalue weighted by Crippen LogP contribution is -2.18. The normalized spacial score (nSPS) is 11.3. The number of benzene rings is 2. The fraction of sp³-hybridized carbons (Fsp3) is 0.200. The molecule has 0 bridgehead atoms. The van der Waals surface area contributed by atoms with E-state index in [9.17, 15) is 18.5 Å². The van der Waals surface area contributed by atoms with E-state index < -0.39 is 20.4 Å². The smallest absolute Gasteiger partial charge is 0.311 e. The van der Waals surface area contributed by atoms with E-state index in [-0.39, 0.29) is 10.6 Å². The Morgan fingerprint density at radius 1 is 1.22 bits per heavy atom. The lowest BCUT2D eigenvalue weighted by atomic mass is 10.2. The first kappa shape index (κ1) is 17.2. The zero-order valence-electron chi connectivity index (χ0n) is 12.6. The van der Waals surface area contributed by atoms with Crippen LogP contribution in [0.2, 0.25) is 5.02 Å². The molecule has 6 nitrogen and oxygen atoms in total. The molecular weight excluding hydrogens is 340 g/mol. The van der Waals surface area contributed by atoms with Crippen molar-refractivity contribution in [2.75, 3.05) is 18.2 Å². The molecule has 8 heteroatoms. The maximum Gasteiger partial charge on any atom is 0.311 e. The van der Waals surface area contributed by atoms with Gasteiger partial charge < -0.3 is 4.90 Å². The van der Waals surface area contributed by atoms with Gasteiger partial charge in [-0.05, 0) is 29.8 Å². The molecule has 0 radical (unpaired) electrons. The van der Waals surface area contributed by atoms with Gasteiger partial charge >= 0.3 is 5.69 Å². The van der Waals surface area contributed by atoms with Crippen LogP contribution in [-0.2, 0) is 16.4 Å². The van der Waals surface area contributed by atoms with Crippen LogP contribution in [-0.4, -0.2) is 26.6 Å². The SMILES string of the molecule is CN(Cc1cccc(Cl)c1)c1cccc(S(C)(=O)=O)c1[N+](=O)[O-]. The van der Waals surface area contributed by atoms with Gasteiger partial charge in [-0.15, -0.1) is 0 Å². The summed E-state index contributed by atoms with van der Waals surface area (Å²) in [5, 5.41) is 12.0. The van der Waals surface area contributed by atoms with Gasteiger partial charge in [-0.1, -0.05) is 29.8 Å². The average Bonchev–Trinajstić information content (AvgIpc) is 2.45. The highest BCUT2D eigenvalue weighted by atomic mass is 35.5. The first-order valence-corrected chi connectivity index (χ1v) is 8.90. The van der Waals surface area contributed by atoms with Crippen LogP contribution in [0.4, 0.5) is 11.4 Å². The molecule has 0 aromatic heterocycles. The summed E-state index contributed by atoms with van der Waals surface area (Å²) >= 11 is 5.94. The highest BCUT2D eigenvalue weighted by molar-refractivity contribution is 7.90. The molecule has 0 aliphatic rings. The molecule has 0 saturated carbocycles. The van der Waals surface area contributed by atoms with Crippen LogP contribution in [0.3, 0.4) is 0 Å². The van der Waals surface area contributed by atoms with Crippen molar-refractivity contribution in [2.45, 2.75) is 11.4 Å². The first-order chi connectivity index (χ1) is 10.7. The molecule has 0 saturated heterocycles. The van der Waals surface area contributed by atoms with Gasteiger partial charge in [0.25, 0.3) is 0 Å². The third-order valence-corrected chi connectivity index (χ3v) is 4.64. The molecule has 0 N–H and O–H groups in total. The quantitative estimate of drug-likeness (QED) is 0.608. The van der Waals surface area contributed by atoms with Crippen molar-refractivity contribution in [3.05, 3.63) is 63.2 Å². The van der Waals surface area contributed by atoms with Crippen molar-refractivity contribution in [2.24, 2.45) is 0 Å². The molecule has 0 aliphatic heterocycles. The van der Waals surface area contributed by atoms with E-state index in [0.29, 0.717) is 11.6 Å². The number of hydrogen-bond donors (Lipinski definition) is 0. The fourth-order valence-electron chi connectivity index (χ4n) is 2.30. The van der Waals surface area contributed by atoms with Crippen molar-refractivity contribution in [3.63, 3.8) is 0 Å². The van der Waals surface area contributed by atoms with Crippen molar-refractivity contribution in [3.8, 4) is 0 Å². The molecular formula is C15H15ClN2O4S. The Bertz CT molecular complexity index is 852. The summed E-state index contributed by atoms with van der Waals surface area (Å²) in [4.78, 5) is 12.1. The average molecular weight is 355 g/mol. The van der Waals surface area contributed by atoms with Gasteiger partial charge in [0.2, 0.25) is 0 Å². The van der Waals surface area contributed by atoms with E-state index in [2.05, 4.69) is 0 Å². The van der Waals surface area contributed by atoms with E-state index in [1.54, 1.807) is 30.1 Å². The Balaban J connectivity index is 2.48. The van der Waals surface area contributed by atoms with Crippen LogP contribution >= 0.6 is 11.6 Å². The molecule has 0 unspecified atom stereocenters. The minimum Gasteiger partial charge on any atom is -0.365 e. The molecule has 2 rings (SSSR count). The molecule has 23 heavy (non-hydrogen) atoms. The summed E-state index contributed by atoms with van der Waals surface area (Å²) in [5.74, 6) is 0. The molecule has 0 spiro atoms. The van der Waals surface area contributed by atoms with E-state index in [0.717, 1.165) is 11.8 Å². The van der Waals surface area contributed by atoms with E-state index in [4.69, 9.17) is 11.6 Å². The van der Waals surface area contributed by atoms with Crippen LogP contribution < -0.4 is 4.90 Å². The lowest BCUT2D eigenvalue weighted by Gasteiger charge is -2.20. The number of nitro benzene ring substituents is 1. The van der Waals surface area contributed by atoms with Crippen LogP contribution in [0.25, 0.3) is 0 Å². The molecule has 0 aliphatic carbocycles. The monoisotopic (exact) mass is 354 g/mol. The maximum absolute atomic E-state index is 11.8. The maximum atomic E-state index is 11.8. The zero-order valence-corrected chi connectivity index (χ0v) is 14.1. The first-order valence-electron chi connectivity index (χ1n) is 6.63. The Kier molecular flexibility index (Phi) is 4.91. The number of para-hydroxylation sites is 1. The second-order valence-corrected chi connectivity index (χ2v) is 7.56. The van der Waals surface area contributed by atoms with Crippen LogP contribution in [0, 0.1) is 10.1 Å². The third kappa shape index (κ3) is 4.00. The van der Waals surface area contributed by atoms with Crippen molar-refractivity contribution in [1.82, 2.24) is 0 Å². The van der Waals surface area contributed by atoms with Gasteiger partial charge in [0, 0.05) is 24.9 Å². The Hall–Kier alpha value is -2.12. The summed E-state index contributed by atoms with van der Waals surface area (Å²) in [6.07, 6.45) is 0.954. The number of halogens is 1. The highest BCUT2D eigenvalue weighted by Crippen LogP contribution is 2.34. The fourth-order valence-corrected chi connectivity index (χ4v) is 3.36. The summed E-state index contributed by atoms with van der Waals surface area (Å²) in [5.41, 5.74) is 0.677. The second kappa shape index (κ2) is 6.55. The van der Waals surface area contributed by atoms with Crippen molar-refractivity contribution >= 4 is 32.8 Å². The second-order valence-electron chi connectivity index (χ2n) is 5.14. The summed E-state index contributed by atoms with van der Waals surface area (Å²) in [6.45, 7) is 0.356. The minimum atomic E-state index is -3.70. The summed E-state index contributed by atoms with van der Waals surface area (Å²) in [7, 11) is -2.04. The number of anilines is 1. The molecule has 0 heterocycles. The number of hydrogen-bond acceptors (Lipinski definition) is 5. The van der Waals surface area contributed by atoms with Crippen LogP contribution in [0.5, 0.6) is 0 Å². The number of nitro groups is 1. The number of nitrogens with zero attached hydrogens (tertiary/aromatic N) is 2. The van der Waals surface area contributed by atoms with E-state index in [1.807, 2.05) is 6.07 Å². The standard InChI is InChI=1S/C15H15ClN2O4S/c1-17(10-11-5-3-6-12(16)9-11)13-7-4-8-14(23(2,21)22)15(13)18(19)20/h3-9H,10H2,1-2H3. The van der Waals surface area contributed by atoms with Gasteiger partial charge in [-0.3, -0.25) is 10.1 Å². The highest BCUT2D eigenvalue weighted by Gasteiger charge is 2.27. The van der Waals surface area contributed by atoms with Crippen molar-refractivity contribution < 1.29 is 13.3 Å². The van der Waals surface area contributed by atoms with Gasteiger partial charge in [-0.2, -0.15) is 0 Å². The topological polar surface area (TPSA) is 80.5 Å². The molecule has 0 atom stereocenters. The van der Waals surface area contributed by atoms with Crippen LogP contribution in [0.15, 0.2) is 47.4 Å². The predicted octanol–water partition coefficient (Wildman–Crippen LogP) is 3.29. The van der Waals surface area contributed by atoms with Gasteiger partial charge in [0.1, 0.15) is 10.6 Å². The molecule has 0 amide bonds. The molecule has 0 fully saturated rings. The Morgan fingerprint density at radius 3 is 2.43 bits per heavy atom. The Morgan fingerprint density at radius 2 is 1.87 bits per heavy atom. The largest absolute Gasteiger partial charge is 0.365 e. The minimum absolute atomic E-state index is 0.234. The summed E-state index contributed by atoms with van der Waals surface area (Å²) in [6, 6.07) is 11.4. The third-order valence-electron chi connectivity index (χ3n) is 3.28. The van der Waals surface area contributed by atoms with Gasteiger partial charge in [-0.25, -0.2) is 8.42 Å². The lowest BCUT2D eigenvalue weighted by molar-refractivity contribution is -0.387. The molecule has 2 aromatic rings. The molecule has 122 valence electrons. The zero-order chi connectivity index (χ0) is 17.2. The van der Waals surface area contributed by atoms with Gasteiger partial charge in [0.15, 0.2) is 9.84 Å². The van der Waals surface area contributed by atoms with E-state index in [1.165, 1.54) is 18.2 Å². The summed E-state index contributed by atoms with van der Waals surface area (Å²) < 4.78 is 23.6. The predicted molar refractivity (Wildman–Crippen MR) is 89.8 cm³/mol. The Labute approximate surface area is 139 Å². The van der Waals surface area contributed by atoms with Gasteiger partial charge in [0.05, 0.1) is 4.92 Å².